The first-order valence-corrected chi connectivity index (χ1v) is 15.0. The average Bonchev–Trinajstić information content (AvgIpc) is 3.51. The Morgan fingerprint density at radius 3 is 2.21 bits per heavy atom. The van der Waals surface area contributed by atoms with Crippen LogP contribution in [0, 0.1) is 31.6 Å². The second kappa shape index (κ2) is 10.9. The number of amides is 3. The lowest BCUT2D eigenvalue weighted by Gasteiger charge is -2.37. The minimum Gasteiger partial charge on any atom is -0.394 e. The number of ether oxygens (including phenoxy) is 1. The molecule has 3 N–H and O–H groups in total. The summed E-state index contributed by atoms with van der Waals surface area (Å²) in [7, 11) is 0. The highest BCUT2D eigenvalue weighted by molar-refractivity contribution is 6.06. The summed E-state index contributed by atoms with van der Waals surface area (Å²) in [5.74, 6) is -2.81. The number of hydrogen-bond acceptors (Lipinski definition) is 5. The number of fused-ring (bicyclic) bond motifs is 1. The molecule has 6 rings (SSSR count). The third-order valence-corrected chi connectivity index (χ3v) is 9.97. The Morgan fingerprint density at radius 1 is 0.953 bits per heavy atom. The molecule has 3 unspecified atom stereocenters. The van der Waals surface area contributed by atoms with Crippen molar-refractivity contribution in [1.82, 2.24) is 4.90 Å². The molecule has 3 heterocycles. The molecule has 2 bridgehead atoms. The Hall–Kier alpha value is -4.01. The molecular weight excluding hydrogens is 542 g/mol. The van der Waals surface area contributed by atoms with Crippen molar-refractivity contribution in [2.45, 2.75) is 63.8 Å². The zero-order chi connectivity index (χ0) is 30.5. The number of hydrogen-bond donors (Lipinski definition) is 3. The van der Waals surface area contributed by atoms with Gasteiger partial charge in [0.2, 0.25) is 17.7 Å². The number of para-hydroxylation sites is 2. The summed E-state index contributed by atoms with van der Waals surface area (Å²) in [5.41, 5.74) is 1.88. The minimum atomic E-state index is -1.23. The van der Waals surface area contributed by atoms with E-state index in [2.05, 4.69) is 10.6 Å². The fourth-order valence-electron chi connectivity index (χ4n) is 7.85. The van der Waals surface area contributed by atoms with E-state index < -0.39 is 35.1 Å². The van der Waals surface area contributed by atoms with Crippen molar-refractivity contribution in [1.29, 1.82) is 0 Å². The number of anilines is 2. The summed E-state index contributed by atoms with van der Waals surface area (Å²) in [6.07, 6.45) is 0.798. The number of nitrogens with zero attached hydrogens (tertiary/aromatic N) is 1. The summed E-state index contributed by atoms with van der Waals surface area (Å²) in [5, 5.41) is 16.8. The Bertz CT molecular complexity index is 1530. The monoisotopic (exact) mass is 581 g/mol. The number of likely N-dealkylation sites (tertiary alicyclic amines) is 1. The van der Waals surface area contributed by atoms with Crippen molar-refractivity contribution < 1.29 is 24.2 Å². The molecule has 3 fully saturated rings. The molecule has 3 aliphatic heterocycles. The van der Waals surface area contributed by atoms with Gasteiger partial charge in [-0.05, 0) is 68.4 Å². The number of aliphatic hydroxyl groups is 1. The standard InChI is InChI=1S/C35H39N3O5/c1-21-12-11-13-22(2)29(21)37-32(41)30-35-19-23(3)34(4,43-35)27(31(40)36-25-16-9-6-10-17-25)28(35)33(42)38(30)26(20-39)18-24-14-7-5-8-15-24/h5-17,23,26-28,30,39H,18-20H2,1-4H3,(H,36,40)(H,37,41)/t23?,26-,27+,28+,30?,34-,35?/m1/s1. The molecule has 3 aromatic rings. The van der Waals surface area contributed by atoms with Crippen molar-refractivity contribution in [3.8, 4) is 0 Å². The molecule has 0 saturated carbocycles. The van der Waals surface area contributed by atoms with Crippen LogP contribution >= 0.6 is 0 Å². The molecule has 3 aliphatic rings. The molecule has 3 amide bonds. The van der Waals surface area contributed by atoms with Crippen LogP contribution in [0.5, 0.6) is 0 Å². The van der Waals surface area contributed by atoms with Crippen molar-refractivity contribution in [2.75, 3.05) is 17.2 Å². The maximum Gasteiger partial charge on any atom is 0.250 e. The van der Waals surface area contributed by atoms with E-state index in [-0.39, 0.29) is 30.2 Å². The third kappa shape index (κ3) is 4.64. The van der Waals surface area contributed by atoms with Crippen molar-refractivity contribution in [3.05, 3.63) is 95.6 Å². The predicted molar refractivity (Wildman–Crippen MR) is 164 cm³/mol. The Morgan fingerprint density at radius 2 is 1.58 bits per heavy atom. The van der Waals surface area contributed by atoms with Crippen LogP contribution in [0.4, 0.5) is 11.4 Å². The molecule has 1 spiro atoms. The number of carbonyl (C=O) groups is 3. The fourth-order valence-corrected chi connectivity index (χ4v) is 7.85. The summed E-state index contributed by atoms with van der Waals surface area (Å²) in [6, 6.07) is 22.8. The van der Waals surface area contributed by atoms with E-state index in [1.54, 1.807) is 12.1 Å². The van der Waals surface area contributed by atoms with Gasteiger partial charge in [0.05, 0.1) is 30.1 Å². The summed E-state index contributed by atoms with van der Waals surface area (Å²) in [6.45, 7) is 7.43. The molecule has 8 nitrogen and oxygen atoms in total. The first-order chi connectivity index (χ1) is 20.6. The lowest BCUT2D eigenvalue weighted by Crippen LogP contribution is -2.57. The van der Waals surface area contributed by atoms with Crippen LogP contribution in [0.15, 0.2) is 78.9 Å². The van der Waals surface area contributed by atoms with Gasteiger partial charge in [-0.3, -0.25) is 14.4 Å². The molecular formula is C35H39N3O5. The lowest BCUT2D eigenvalue weighted by atomic mass is 9.62. The van der Waals surface area contributed by atoms with Gasteiger partial charge in [-0.15, -0.1) is 0 Å². The van der Waals surface area contributed by atoms with Crippen LogP contribution in [0.25, 0.3) is 0 Å². The topological polar surface area (TPSA) is 108 Å². The predicted octanol–water partition coefficient (Wildman–Crippen LogP) is 4.49. The van der Waals surface area contributed by atoms with E-state index in [1.807, 2.05) is 94.4 Å². The first kappa shape index (κ1) is 29.1. The van der Waals surface area contributed by atoms with Gasteiger partial charge in [-0.1, -0.05) is 73.7 Å². The highest BCUT2D eigenvalue weighted by Gasteiger charge is 2.80. The van der Waals surface area contributed by atoms with Crippen LogP contribution < -0.4 is 10.6 Å². The van der Waals surface area contributed by atoms with Crippen LogP contribution in [-0.4, -0.2) is 57.6 Å². The minimum absolute atomic E-state index is 0.0970. The number of aliphatic hydroxyl groups excluding tert-OH is 1. The van der Waals surface area contributed by atoms with Gasteiger partial charge in [-0.2, -0.15) is 0 Å². The van der Waals surface area contributed by atoms with Gasteiger partial charge in [0.15, 0.2) is 0 Å². The third-order valence-electron chi connectivity index (χ3n) is 9.97. The van der Waals surface area contributed by atoms with E-state index in [1.165, 1.54) is 4.90 Å². The molecule has 7 atom stereocenters. The number of carbonyl (C=O) groups excluding carboxylic acids is 3. The number of benzene rings is 3. The van der Waals surface area contributed by atoms with Gasteiger partial charge in [0.1, 0.15) is 11.6 Å². The Kier molecular flexibility index (Phi) is 7.39. The molecule has 224 valence electrons. The van der Waals surface area contributed by atoms with E-state index in [4.69, 9.17) is 4.74 Å². The molecule has 3 saturated heterocycles. The Balaban J connectivity index is 1.44. The largest absolute Gasteiger partial charge is 0.394 e. The quantitative estimate of drug-likeness (QED) is 0.363. The molecule has 43 heavy (non-hydrogen) atoms. The molecule has 0 radical (unpaired) electrons. The van der Waals surface area contributed by atoms with Gasteiger partial charge in [0, 0.05) is 11.4 Å². The van der Waals surface area contributed by atoms with Gasteiger partial charge in [0.25, 0.3) is 0 Å². The smallest absolute Gasteiger partial charge is 0.250 e. The Labute approximate surface area is 252 Å². The summed E-state index contributed by atoms with van der Waals surface area (Å²) < 4.78 is 6.87. The molecule has 0 aliphatic carbocycles. The van der Waals surface area contributed by atoms with E-state index in [0.29, 0.717) is 24.2 Å². The highest BCUT2D eigenvalue weighted by atomic mass is 16.5. The fraction of sp³-hybridized carbons (Fsp3) is 0.400. The lowest BCUT2D eigenvalue weighted by molar-refractivity contribution is -0.147. The maximum absolute atomic E-state index is 14.7. The number of rotatable bonds is 8. The maximum atomic E-state index is 14.7. The normalized spacial score (nSPS) is 29.8. The second-order valence-electron chi connectivity index (χ2n) is 12.6. The molecule has 3 aromatic carbocycles. The second-order valence-corrected chi connectivity index (χ2v) is 12.6. The van der Waals surface area contributed by atoms with E-state index in [0.717, 1.165) is 16.7 Å². The first-order valence-electron chi connectivity index (χ1n) is 15.0. The van der Waals surface area contributed by atoms with Crippen LogP contribution in [-0.2, 0) is 25.5 Å². The van der Waals surface area contributed by atoms with Crippen molar-refractivity contribution in [3.63, 3.8) is 0 Å². The number of aryl methyl sites for hydroxylation is 2. The van der Waals surface area contributed by atoms with E-state index >= 15 is 0 Å². The van der Waals surface area contributed by atoms with Crippen LogP contribution in [0.3, 0.4) is 0 Å². The molecule has 8 heteroatoms. The summed E-state index contributed by atoms with van der Waals surface area (Å²) >= 11 is 0. The average molecular weight is 582 g/mol. The zero-order valence-electron chi connectivity index (χ0n) is 25.0. The van der Waals surface area contributed by atoms with E-state index in [9.17, 15) is 19.5 Å². The SMILES string of the molecule is Cc1cccc(C)c1NC(=O)C1N([C@@H](CO)Cc2ccccc2)C(=O)[C@@H]2[C@@H](C(=O)Nc3ccccc3)[C@]3(C)OC12CC3C. The van der Waals surface area contributed by atoms with Crippen LogP contribution in [0.2, 0.25) is 0 Å². The summed E-state index contributed by atoms with van der Waals surface area (Å²) in [4.78, 5) is 44.7. The van der Waals surface area contributed by atoms with Crippen molar-refractivity contribution >= 4 is 29.1 Å². The van der Waals surface area contributed by atoms with Crippen molar-refractivity contribution in [2.24, 2.45) is 17.8 Å². The van der Waals surface area contributed by atoms with Crippen LogP contribution in [0.1, 0.15) is 37.0 Å². The van der Waals surface area contributed by atoms with Gasteiger partial charge < -0.3 is 25.4 Å². The zero-order valence-corrected chi connectivity index (χ0v) is 25.0. The highest BCUT2D eigenvalue weighted by Crippen LogP contribution is 2.65. The van der Waals surface area contributed by atoms with Gasteiger partial charge >= 0.3 is 0 Å². The molecule has 0 aromatic heterocycles. The number of nitrogens with one attached hydrogen (secondary N) is 2. The van der Waals surface area contributed by atoms with Gasteiger partial charge in [-0.25, -0.2) is 0 Å².